The van der Waals surface area contributed by atoms with Crippen molar-refractivity contribution in [3.8, 4) is 0 Å². The van der Waals surface area contributed by atoms with Crippen LogP contribution in [0.2, 0.25) is 0 Å². The molecule has 0 aliphatic heterocycles. The van der Waals surface area contributed by atoms with Crippen LogP contribution < -0.4 is 11.1 Å². The Kier molecular flexibility index (Phi) is 6.09. The molecule has 18 heavy (non-hydrogen) atoms. The fourth-order valence-electron chi connectivity index (χ4n) is 1.12. The Hall–Kier alpha value is -1.84. The number of urea groups is 1. The molecule has 0 saturated carbocycles. The van der Waals surface area contributed by atoms with Crippen molar-refractivity contribution in [1.82, 2.24) is 10.2 Å². The number of imide groups is 1. The Morgan fingerprint density at radius 1 is 1.28 bits per heavy atom. The van der Waals surface area contributed by atoms with Crippen LogP contribution in [0.5, 0.6) is 0 Å². The quantitative estimate of drug-likeness (QED) is 0.604. The number of carboxylic acids is 1. The highest BCUT2D eigenvalue weighted by Gasteiger charge is 2.31. The Labute approximate surface area is 99.7 Å². The monoisotopic (exact) mass is 271 g/mol. The van der Waals surface area contributed by atoms with E-state index >= 15 is 0 Å². The molecule has 0 aromatic rings. The summed E-state index contributed by atoms with van der Waals surface area (Å²) in [7, 11) is 0. The molecule has 10 heteroatoms. The highest BCUT2D eigenvalue weighted by Crippen LogP contribution is 2.16. The fraction of sp³-hybridized carbons (Fsp3) is 0.625. The van der Waals surface area contributed by atoms with Gasteiger partial charge in [-0.1, -0.05) is 0 Å². The molecule has 0 radical (unpaired) electrons. The third kappa shape index (κ3) is 9.39. The number of carbonyl (C=O) groups is 3. The second-order valence-corrected chi connectivity index (χ2v) is 3.38. The SMILES string of the molecule is NC(=O)NC(=O)CCN(CC(=O)O)CC(F)(F)F. The van der Waals surface area contributed by atoms with Gasteiger partial charge in [0.05, 0.1) is 13.1 Å². The molecule has 0 aliphatic rings. The smallest absolute Gasteiger partial charge is 0.401 e. The van der Waals surface area contributed by atoms with Crippen LogP contribution in [-0.4, -0.2) is 53.7 Å². The van der Waals surface area contributed by atoms with E-state index in [4.69, 9.17) is 5.11 Å². The van der Waals surface area contributed by atoms with E-state index in [1.54, 1.807) is 5.32 Å². The molecule has 0 aromatic carbocycles. The number of aliphatic carboxylic acids is 1. The number of alkyl halides is 3. The topological polar surface area (TPSA) is 113 Å². The Morgan fingerprint density at radius 3 is 2.22 bits per heavy atom. The summed E-state index contributed by atoms with van der Waals surface area (Å²) in [5, 5.41) is 10.1. The van der Waals surface area contributed by atoms with Gasteiger partial charge >= 0.3 is 18.2 Å². The van der Waals surface area contributed by atoms with Gasteiger partial charge in [0.1, 0.15) is 0 Å². The molecule has 4 N–H and O–H groups in total. The molecule has 7 nitrogen and oxygen atoms in total. The van der Waals surface area contributed by atoms with Gasteiger partial charge in [0.15, 0.2) is 0 Å². The minimum Gasteiger partial charge on any atom is -0.480 e. The van der Waals surface area contributed by atoms with Crippen molar-refractivity contribution < 1.29 is 32.7 Å². The number of primary amides is 1. The lowest BCUT2D eigenvalue weighted by molar-refractivity contribution is -0.154. The Bertz CT molecular complexity index is 332. The minimum atomic E-state index is -4.57. The van der Waals surface area contributed by atoms with Gasteiger partial charge in [-0.3, -0.25) is 19.8 Å². The zero-order chi connectivity index (χ0) is 14.3. The summed E-state index contributed by atoms with van der Waals surface area (Å²) in [5.74, 6) is -2.32. The number of halogens is 3. The third-order valence-electron chi connectivity index (χ3n) is 1.68. The largest absolute Gasteiger partial charge is 0.480 e. The lowest BCUT2D eigenvalue weighted by Crippen LogP contribution is -2.41. The van der Waals surface area contributed by atoms with Gasteiger partial charge in [-0.15, -0.1) is 0 Å². The number of nitrogens with two attached hydrogens (primary N) is 1. The van der Waals surface area contributed by atoms with Crippen molar-refractivity contribution in [3.63, 3.8) is 0 Å². The van der Waals surface area contributed by atoms with E-state index in [0.717, 1.165) is 0 Å². The van der Waals surface area contributed by atoms with E-state index in [2.05, 4.69) is 5.73 Å². The number of carboxylic acid groups (broad SMARTS) is 1. The number of nitrogens with one attached hydrogen (secondary N) is 1. The lowest BCUT2D eigenvalue weighted by atomic mass is 10.3. The molecule has 0 unspecified atom stereocenters. The molecule has 0 fully saturated rings. The predicted octanol–water partition coefficient (Wildman–Crippen LogP) is -0.480. The van der Waals surface area contributed by atoms with Gasteiger partial charge < -0.3 is 10.8 Å². The van der Waals surface area contributed by atoms with Crippen LogP contribution >= 0.6 is 0 Å². The predicted molar refractivity (Wildman–Crippen MR) is 52.5 cm³/mol. The van der Waals surface area contributed by atoms with E-state index in [0.29, 0.717) is 4.90 Å². The highest BCUT2D eigenvalue weighted by atomic mass is 19.4. The number of hydrogen-bond acceptors (Lipinski definition) is 4. The summed E-state index contributed by atoms with van der Waals surface area (Å²) < 4.78 is 36.2. The van der Waals surface area contributed by atoms with E-state index in [1.807, 2.05) is 0 Å². The van der Waals surface area contributed by atoms with E-state index in [1.165, 1.54) is 0 Å². The molecular weight excluding hydrogens is 259 g/mol. The molecule has 0 atom stereocenters. The second-order valence-electron chi connectivity index (χ2n) is 3.38. The first-order chi connectivity index (χ1) is 8.10. The Morgan fingerprint density at radius 2 is 1.83 bits per heavy atom. The molecule has 0 heterocycles. The summed E-state index contributed by atoms with van der Waals surface area (Å²) in [6.07, 6.45) is -5.04. The van der Waals surface area contributed by atoms with Crippen molar-refractivity contribution in [2.75, 3.05) is 19.6 Å². The second kappa shape index (κ2) is 6.79. The molecule has 0 spiro atoms. The molecule has 3 amide bonds. The minimum absolute atomic E-state index is 0.453. The summed E-state index contributed by atoms with van der Waals surface area (Å²) in [4.78, 5) is 32.1. The van der Waals surface area contributed by atoms with Crippen LogP contribution in [0.3, 0.4) is 0 Å². The van der Waals surface area contributed by atoms with Crippen LogP contribution in [0.15, 0.2) is 0 Å². The average Bonchev–Trinajstić information content (AvgIpc) is 2.09. The van der Waals surface area contributed by atoms with E-state index in [-0.39, 0.29) is 0 Å². The van der Waals surface area contributed by atoms with Crippen LogP contribution in [0.4, 0.5) is 18.0 Å². The average molecular weight is 271 g/mol. The first-order valence-electron chi connectivity index (χ1n) is 4.70. The van der Waals surface area contributed by atoms with Crippen molar-refractivity contribution >= 4 is 17.9 Å². The van der Waals surface area contributed by atoms with Crippen LogP contribution in [0.25, 0.3) is 0 Å². The van der Waals surface area contributed by atoms with E-state index < -0.39 is 50.1 Å². The van der Waals surface area contributed by atoms with Gasteiger partial charge in [-0.25, -0.2) is 4.79 Å². The van der Waals surface area contributed by atoms with Crippen molar-refractivity contribution in [2.24, 2.45) is 5.73 Å². The van der Waals surface area contributed by atoms with Crippen molar-refractivity contribution in [3.05, 3.63) is 0 Å². The molecule has 0 rings (SSSR count). The lowest BCUT2D eigenvalue weighted by Gasteiger charge is -2.21. The third-order valence-corrected chi connectivity index (χ3v) is 1.68. The highest BCUT2D eigenvalue weighted by molar-refractivity contribution is 5.93. The van der Waals surface area contributed by atoms with Crippen LogP contribution in [-0.2, 0) is 9.59 Å². The molecule has 0 aliphatic carbocycles. The number of carbonyl (C=O) groups excluding carboxylic acids is 2. The van der Waals surface area contributed by atoms with Crippen LogP contribution in [0.1, 0.15) is 6.42 Å². The van der Waals surface area contributed by atoms with Gasteiger partial charge in [0.2, 0.25) is 5.91 Å². The summed E-state index contributed by atoms with van der Waals surface area (Å²) >= 11 is 0. The number of rotatable bonds is 6. The van der Waals surface area contributed by atoms with E-state index in [9.17, 15) is 27.6 Å². The molecule has 0 aromatic heterocycles. The first-order valence-corrected chi connectivity index (χ1v) is 4.70. The summed E-state index contributed by atoms with van der Waals surface area (Å²) in [6.45, 7) is -2.77. The number of nitrogens with zero attached hydrogens (tertiary/aromatic N) is 1. The zero-order valence-corrected chi connectivity index (χ0v) is 9.16. The molecule has 0 bridgehead atoms. The van der Waals surface area contributed by atoms with Crippen molar-refractivity contribution in [2.45, 2.75) is 12.6 Å². The van der Waals surface area contributed by atoms with Gasteiger partial charge in [-0.05, 0) is 0 Å². The fourth-order valence-corrected chi connectivity index (χ4v) is 1.12. The summed E-state index contributed by atoms with van der Waals surface area (Å²) in [6, 6.07) is -1.12. The maximum Gasteiger partial charge on any atom is 0.401 e. The normalized spacial score (nSPS) is 11.3. The van der Waals surface area contributed by atoms with Crippen LogP contribution in [0, 0.1) is 0 Å². The zero-order valence-electron chi connectivity index (χ0n) is 9.16. The maximum atomic E-state index is 12.1. The molecular formula is C8H12F3N3O4. The van der Waals surface area contributed by atoms with Gasteiger partial charge in [0.25, 0.3) is 0 Å². The van der Waals surface area contributed by atoms with Crippen molar-refractivity contribution in [1.29, 1.82) is 0 Å². The number of hydrogen-bond donors (Lipinski definition) is 3. The standard InChI is InChI=1S/C8H12F3N3O4/c9-8(10,11)4-14(3-6(16)17)2-1-5(15)13-7(12)18/h1-4H2,(H,16,17)(H3,12,13,15,18). The van der Waals surface area contributed by atoms with Gasteiger partial charge in [-0.2, -0.15) is 13.2 Å². The molecule has 104 valence electrons. The summed E-state index contributed by atoms with van der Waals surface area (Å²) in [5.41, 5.74) is 4.62. The van der Waals surface area contributed by atoms with Gasteiger partial charge in [0, 0.05) is 13.0 Å². The Balaban J connectivity index is 4.28. The molecule has 0 saturated heterocycles. The maximum absolute atomic E-state index is 12.1. The number of amides is 3. The first kappa shape index (κ1) is 16.2.